The molecule has 0 atom stereocenters. The van der Waals surface area contributed by atoms with Crippen molar-refractivity contribution in [2.75, 3.05) is 0 Å². The SMILES string of the molecule is OCc1ccc2cnn(Cc3ncccn3)c2c1. The van der Waals surface area contributed by atoms with E-state index in [1.807, 2.05) is 22.9 Å². The van der Waals surface area contributed by atoms with E-state index in [-0.39, 0.29) is 6.61 Å². The minimum absolute atomic E-state index is 0.0307. The monoisotopic (exact) mass is 240 g/mol. The second-order valence-electron chi connectivity index (χ2n) is 4.02. The first-order valence-corrected chi connectivity index (χ1v) is 5.68. The Bertz CT molecular complexity index is 663. The number of rotatable bonds is 3. The first-order chi connectivity index (χ1) is 8.86. The maximum Gasteiger partial charge on any atom is 0.149 e. The van der Waals surface area contributed by atoms with Crippen LogP contribution in [0.1, 0.15) is 11.4 Å². The molecule has 2 aromatic heterocycles. The standard InChI is InChI=1S/C13H12N4O/c18-9-10-2-3-11-7-16-17(12(11)6-10)8-13-14-4-1-5-15-13/h1-7,18H,8-9H2. The van der Waals surface area contributed by atoms with Crippen molar-refractivity contribution >= 4 is 10.9 Å². The average molecular weight is 240 g/mol. The van der Waals surface area contributed by atoms with Crippen LogP contribution in [0.15, 0.2) is 42.9 Å². The molecule has 1 aromatic carbocycles. The molecule has 0 saturated heterocycles. The highest BCUT2D eigenvalue weighted by atomic mass is 16.3. The van der Waals surface area contributed by atoms with Crippen LogP contribution in [0.4, 0.5) is 0 Å². The Labute approximate surface area is 104 Å². The molecule has 3 rings (SSSR count). The minimum Gasteiger partial charge on any atom is -0.392 e. The fourth-order valence-corrected chi connectivity index (χ4v) is 1.89. The third kappa shape index (κ3) is 1.96. The lowest BCUT2D eigenvalue weighted by Crippen LogP contribution is -2.05. The molecular formula is C13H12N4O. The lowest BCUT2D eigenvalue weighted by Gasteiger charge is -2.03. The Morgan fingerprint density at radius 3 is 2.78 bits per heavy atom. The zero-order valence-electron chi connectivity index (χ0n) is 9.69. The molecule has 0 saturated carbocycles. The molecule has 5 nitrogen and oxygen atoms in total. The van der Waals surface area contributed by atoms with Crippen molar-refractivity contribution in [1.29, 1.82) is 0 Å². The number of hydrogen-bond donors (Lipinski definition) is 1. The van der Waals surface area contributed by atoms with Gasteiger partial charge in [0.1, 0.15) is 12.4 Å². The van der Waals surface area contributed by atoms with E-state index < -0.39 is 0 Å². The lowest BCUT2D eigenvalue weighted by atomic mass is 10.2. The maximum atomic E-state index is 9.16. The van der Waals surface area contributed by atoms with Crippen LogP contribution in [0.25, 0.3) is 10.9 Å². The Kier molecular flexibility index (Phi) is 2.74. The highest BCUT2D eigenvalue weighted by Crippen LogP contribution is 2.16. The number of aliphatic hydroxyl groups is 1. The van der Waals surface area contributed by atoms with Crippen LogP contribution in [-0.2, 0) is 13.2 Å². The van der Waals surface area contributed by atoms with Gasteiger partial charge in [0.25, 0.3) is 0 Å². The van der Waals surface area contributed by atoms with Crippen LogP contribution in [0.3, 0.4) is 0 Å². The summed E-state index contributed by atoms with van der Waals surface area (Å²) in [5.74, 6) is 0.719. The van der Waals surface area contributed by atoms with Gasteiger partial charge in [0, 0.05) is 17.8 Å². The van der Waals surface area contributed by atoms with Crippen LogP contribution < -0.4 is 0 Å². The Morgan fingerprint density at radius 2 is 2.00 bits per heavy atom. The van der Waals surface area contributed by atoms with Crippen molar-refractivity contribution in [2.24, 2.45) is 0 Å². The minimum atomic E-state index is 0.0307. The average Bonchev–Trinajstić information content (AvgIpc) is 2.82. The first kappa shape index (κ1) is 10.9. The van der Waals surface area contributed by atoms with E-state index in [4.69, 9.17) is 5.11 Å². The molecule has 0 fully saturated rings. The van der Waals surface area contributed by atoms with E-state index in [0.29, 0.717) is 6.54 Å². The Hall–Kier alpha value is -2.27. The summed E-state index contributed by atoms with van der Waals surface area (Å²) in [5.41, 5.74) is 1.85. The van der Waals surface area contributed by atoms with Crippen LogP contribution in [0.2, 0.25) is 0 Å². The molecule has 0 unspecified atom stereocenters. The quantitative estimate of drug-likeness (QED) is 0.751. The fraction of sp³-hybridized carbons (Fsp3) is 0.154. The summed E-state index contributed by atoms with van der Waals surface area (Å²) in [5, 5.41) is 14.5. The largest absolute Gasteiger partial charge is 0.392 e. The molecule has 90 valence electrons. The van der Waals surface area contributed by atoms with Crippen molar-refractivity contribution in [2.45, 2.75) is 13.2 Å². The molecule has 1 N–H and O–H groups in total. The summed E-state index contributed by atoms with van der Waals surface area (Å²) < 4.78 is 1.84. The molecule has 0 aliphatic rings. The van der Waals surface area contributed by atoms with Crippen molar-refractivity contribution in [1.82, 2.24) is 19.7 Å². The summed E-state index contributed by atoms with van der Waals surface area (Å²) in [6.45, 7) is 0.558. The van der Waals surface area contributed by atoms with Crippen LogP contribution >= 0.6 is 0 Å². The summed E-state index contributed by atoms with van der Waals surface area (Å²) in [6, 6.07) is 7.57. The second kappa shape index (κ2) is 4.54. The second-order valence-corrected chi connectivity index (χ2v) is 4.02. The number of aromatic nitrogens is 4. The number of fused-ring (bicyclic) bond motifs is 1. The van der Waals surface area contributed by atoms with E-state index in [0.717, 1.165) is 22.3 Å². The highest BCUT2D eigenvalue weighted by molar-refractivity contribution is 5.79. The van der Waals surface area contributed by atoms with Crippen LogP contribution in [-0.4, -0.2) is 24.9 Å². The van der Waals surface area contributed by atoms with Gasteiger partial charge in [0.05, 0.1) is 18.3 Å². The summed E-state index contributed by atoms with van der Waals surface area (Å²) >= 11 is 0. The van der Waals surface area contributed by atoms with E-state index >= 15 is 0 Å². The number of aliphatic hydroxyl groups excluding tert-OH is 1. The summed E-state index contributed by atoms with van der Waals surface area (Å²) in [7, 11) is 0. The Morgan fingerprint density at radius 1 is 1.17 bits per heavy atom. The van der Waals surface area contributed by atoms with Gasteiger partial charge in [-0.25, -0.2) is 9.97 Å². The molecule has 18 heavy (non-hydrogen) atoms. The van der Waals surface area contributed by atoms with E-state index in [1.165, 1.54) is 0 Å². The normalized spacial score (nSPS) is 10.9. The zero-order chi connectivity index (χ0) is 12.4. The molecule has 3 aromatic rings. The molecule has 0 aliphatic heterocycles. The van der Waals surface area contributed by atoms with Gasteiger partial charge in [0.2, 0.25) is 0 Å². The van der Waals surface area contributed by atoms with Crippen LogP contribution in [0, 0.1) is 0 Å². The molecule has 0 radical (unpaired) electrons. The molecule has 0 amide bonds. The zero-order valence-corrected chi connectivity index (χ0v) is 9.69. The fourth-order valence-electron chi connectivity index (χ4n) is 1.89. The van der Waals surface area contributed by atoms with Crippen molar-refractivity contribution in [3.05, 3.63) is 54.2 Å². The van der Waals surface area contributed by atoms with Gasteiger partial charge in [-0.2, -0.15) is 5.10 Å². The van der Waals surface area contributed by atoms with Gasteiger partial charge in [-0.05, 0) is 17.7 Å². The van der Waals surface area contributed by atoms with E-state index in [2.05, 4.69) is 15.1 Å². The van der Waals surface area contributed by atoms with Gasteiger partial charge in [-0.1, -0.05) is 12.1 Å². The van der Waals surface area contributed by atoms with Crippen molar-refractivity contribution in [3.63, 3.8) is 0 Å². The number of benzene rings is 1. The predicted molar refractivity (Wildman–Crippen MR) is 66.8 cm³/mol. The summed E-state index contributed by atoms with van der Waals surface area (Å²) in [4.78, 5) is 8.36. The van der Waals surface area contributed by atoms with Crippen LogP contribution in [0.5, 0.6) is 0 Å². The molecule has 2 heterocycles. The van der Waals surface area contributed by atoms with Crippen molar-refractivity contribution in [3.8, 4) is 0 Å². The topological polar surface area (TPSA) is 63.8 Å². The molecule has 0 aliphatic carbocycles. The summed E-state index contributed by atoms with van der Waals surface area (Å²) in [6.07, 6.45) is 5.24. The molecule has 0 spiro atoms. The van der Waals surface area contributed by atoms with Gasteiger partial charge < -0.3 is 5.11 Å². The Balaban J connectivity index is 2.01. The van der Waals surface area contributed by atoms with Gasteiger partial charge in [-0.15, -0.1) is 0 Å². The van der Waals surface area contributed by atoms with Crippen molar-refractivity contribution < 1.29 is 5.11 Å². The molecule has 0 bridgehead atoms. The smallest absolute Gasteiger partial charge is 0.149 e. The lowest BCUT2D eigenvalue weighted by molar-refractivity contribution is 0.282. The highest BCUT2D eigenvalue weighted by Gasteiger charge is 2.05. The van der Waals surface area contributed by atoms with Gasteiger partial charge >= 0.3 is 0 Å². The first-order valence-electron chi connectivity index (χ1n) is 5.68. The number of hydrogen-bond acceptors (Lipinski definition) is 4. The predicted octanol–water partition coefficient (Wildman–Crippen LogP) is 1.37. The number of nitrogens with zero attached hydrogens (tertiary/aromatic N) is 4. The van der Waals surface area contributed by atoms with E-state index in [1.54, 1.807) is 24.7 Å². The molecule has 5 heteroatoms. The maximum absolute atomic E-state index is 9.16. The van der Waals surface area contributed by atoms with Gasteiger partial charge in [-0.3, -0.25) is 4.68 Å². The van der Waals surface area contributed by atoms with E-state index in [9.17, 15) is 0 Å². The van der Waals surface area contributed by atoms with Gasteiger partial charge in [0.15, 0.2) is 0 Å². The third-order valence-corrected chi connectivity index (χ3v) is 2.80. The molecular weight excluding hydrogens is 228 g/mol. The third-order valence-electron chi connectivity index (χ3n) is 2.80.